The van der Waals surface area contributed by atoms with Gasteiger partial charge in [0.15, 0.2) is 0 Å². The third kappa shape index (κ3) is 3.39. The Bertz CT molecular complexity index is 314. The Balaban J connectivity index is 1.92. The molecule has 0 N–H and O–H groups in total. The topological polar surface area (TPSA) is 0 Å². The van der Waals surface area contributed by atoms with E-state index in [0.717, 1.165) is 17.4 Å². The maximum Gasteiger partial charge on any atom is 0.0408 e. The largest absolute Gasteiger partial charge is 0.123 e. The van der Waals surface area contributed by atoms with Gasteiger partial charge in [-0.3, -0.25) is 0 Å². The molecule has 0 nitrogen and oxygen atoms in total. The van der Waals surface area contributed by atoms with Gasteiger partial charge in [0.2, 0.25) is 0 Å². The zero-order valence-corrected chi connectivity index (χ0v) is 10.3. The van der Waals surface area contributed by atoms with Crippen LogP contribution in [-0.4, -0.2) is 5.38 Å². The first-order chi connectivity index (χ1) is 7.24. The van der Waals surface area contributed by atoms with Gasteiger partial charge in [0.1, 0.15) is 0 Å². The number of hydrogen-bond donors (Lipinski definition) is 0. The molecule has 0 aromatic heterocycles. The van der Waals surface area contributed by atoms with E-state index in [9.17, 15) is 0 Å². The van der Waals surface area contributed by atoms with Crippen LogP contribution in [0.5, 0.6) is 0 Å². The molecule has 1 aromatic carbocycles. The molecule has 1 fully saturated rings. The van der Waals surface area contributed by atoms with Crippen LogP contribution in [0.3, 0.4) is 0 Å². The van der Waals surface area contributed by atoms with Gasteiger partial charge in [-0.1, -0.05) is 23.7 Å². The minimum absolute atomic E-state index is 0.417. The van der Waals surface area contributed by atoms with Crippen LogP contribution in [0.2, 0.25) is 5.02 Å². The van der Waals surface area contributed by atoms with Crippen molar-refractivity contribution in [2.75, 3.05) is 0 Å². The summed E-state index contributed by atoms with van der Waals surface area (Å²) in [6, 6.07) is 8.21. The van der Waals surface area contributed by atoms with Gasteiger partial charge in [-0.2, -0.15) is 0 Å². The summed E-state index contributed by atoms with van der Waals surface area (Å²) in [5, 5.41) is 1.26. The van der Waals surface area contributed by atoms with Crippen molar-refractivity contribution in [3.63, 3.8) is 0 Å². The zero-order valence-electron chi connectivity index (χ0n) is 8.76. The molecule has 82 valence electrons. The van der Waals surface area contributed by atoms with E-state index in [0.29, 0.717) is 5.38 Å². The first-order valence-electron chi connectivity index (χ1n) is 5.62. The molecular formula is C13H16Cl2. The SMILES string of the molecule is Clc1cccc(CC2CCC(Cl)CC2)c1. The summed E-state index contributed by atoms with van der Waals surface area (Å²) in [5.74, 6) is 0.804. The highest BCUT2D eigenvalue weighted by Gasteiger charge is 2.19. The lowest BCUT2D eigenvalue weighted by atomic mass is 9.84. The second-order valence-corrected chi connectivity index (χ2v) is 5.51. The third-order valence-corrected chi connectivity index (χ3v) is 3.86. The Morgan fingerprint density at radius 2 is 1.87 bits per heavy atom. The average molecular weight is 243 g/mol. The Morgan fingerprint density at radius 1 is 1.13 bits per heavy atom. The fourth-order valence-corrected chi connectivity index (χ4v) is 2.79. The molecule has 15 heavy (non-hydrogen) atoms. The van der Waals surface area contributed by atoms with Crippen molar-refractivity contribution in [2.45, 2.75) is 37.5 Å². The molecule has 0 spiro atoms. The minimum atomic E-state index is 0.417. The van der Waals surface area contributed by atoms with Crippen molar-refractivity contribution in [2.24, 2.45) is 5.92 Å². The van der Waals surface area contributed by atoms with Gasteiger partial charge in [-0.05, 0) is 55.7 Å². The molecule has 1 aliphatic rings. The molecule has 1 saturated carbocycles. The summed E-state index contributed by atoms with van der Waals surface area (Å²) in [5.41, 5.74) is 1.36. The van der Waals surface area contributed by atoms with Gasteiger partial charge in [0.25, 0.3) is 0 Å². The smallest absolute Gasteiger partial charge is 0.0408 e. The van der Waals surface area contributed by atoms with Gasteiger partial charge in [0.05, 0.1) is 0 Å². The highest BCUT2D eigenvalue weighted by atomic mass is 35.5. The highest BCUT2D eigenvalue weighted by Crippen LogP contribution is 2.30. The summed E-state index contributed by atoms with van der Waals surface area (Å²) >= 11 is 12.1. The Morgan fingerprint density at radius 3 is 2.53 bits per heavy atom. The van der Waals surface area contributed by atoms with Crippen molar-refractivity contribution in [1.29, 1.82) is 0 Å². The van der Waals surface area contributed by atoms with Crippen molar-refractivity contribution in [3.05, 3.63) is 34.9 Å². The van der Waals surface area contributed by atoms with Crippen LogP contribution < -0.4 is 0 Å². The van der Waals surface area contributed by atoms with E-state index in [1.165, 1.54) is 31.2 Å². The quantitative estimate of drug-likeness (QED) is 0.661. The predicted octanol–water partition coefficient (Wildman–Crippen LogP) is 4.68. The fourth-order valence-electron chi connectivity index (χ4n) is 2.32. The molecule has 1 aliphatic carbocycles. The number of rotatable bonds is 2. The van der Waals surface area contributed by atoms with Crippen LogP contribution in [0, 0.1) is 5.92 Å². The van der Waals surface area contributed by atoms with Crippen molar-refractivity contribution in [3.8, 4) is 0 Å². The van der Waals surface area contributed by atoms with E-state index in [2.05, 4.69) is 12.1 Å². The molecule has 1 aromatic rings. The lowest BCUT2D eigenvalue weighted by Gasteiger charge is -2.24. The van der Waals surface area contributed by atoms with Crippen LogP contribution in [-0.2, 0) is 6.42 Å². The van der Waals surface area contributed by atoms with E-state index in [1.807, 2.05) is 12.1 Å². The lowest BCUT2D eigenvalue weighted by Crippen LogP contribution is -2.16. The van der Waals surface area contributed by atoms with Crippen LogP contribution in [0.25, 0.3) is 0 Å². The normalized spacial score (nSPS) is 26.5. The average Bonchev–Trinajstić information content (AvgIpc) is 2.22. The van der Waals surface area contributed by atoms with Crippen molar-refractivity contribution < 1.29 is 0 Å². The molecule has 0 radical (unpaired) electrons. The summed E-state index contributed by atoms with van der Waals surface area (Å²) in [6.07, 6.45) is 6.03. The summed E-state index contributed by atoms with van der Waals surface area (Å²) in [6.45, 7) is 0. The van der Waals surface area contributed by atoms with Crippen LogP contribution in [0.4, 0.5) is 0 Å². The Kier molecular flexibility index (Phi) is 3.93. The van der Waals surface area contributed by atoms with Gasteiger partial charge in [0, 0.05) is 10.4 Å². The summed E-state index contributed by atoms with van der Waals surface area (Å²) in [7, 11) is 0. The van der Waals surface area contributed by atoms with E-state index in [-0.39, 0.29) is 0 Å². The van der Waals surface area contributed by atoms with E-state index >= 15 is 0 Å². The molecule has 0 bridgehead atoms. The number of hydrogen-bond acceptors (Lipinski definition) is 0. The number of alkyl halides is 1. The fraction of sp³-hybridized carbons (Fsp3) is 0.538. The van der Waals surface area contributed by atoms with E-state index in [4.69, 9.17) is 23.2 Å². The monoisotopic (exact) mass is 242 g/mol. The molecule has 0 heterocycles. The molecular weight excluding hydrogens is 227 g/mol. The van der Waals surface area contributed by atoms with Crippen molar-refractivity contribution in [1.82, 2.24) is 0 Å². The molecule has 0 unspecified atom stereocenters. The number of benzene rings is 1. The molecule has 0 saturated heterocycles. The molecule has 2 rings (SSSR count). The van der Waals surface area contributed by atoms with Gasteiger partial charge in [-0.15, -0.1) is 11.6 Å². The highest BCUT2D eigenvalue weighted by molar-refractivity contribution is 6.30. The second-order valence-electron chi connectivity index (χ2n) is 4.45. The van der Waals surface area contributed by atoms with Gasteiger partial charge in [-0.25, -0.2) is 0 Å². The molecule has 2 heteroatoms. The first-order valence-corrected chi connectivity index (χ1v) is 6.44. The Labute approximate surface area is 102 Å². The van der Waals surface area contributed by atoms with E-state index < -0.39 is 0 Å². The molecule has 0 atom stereocenters. The zero-order chi connectivity index (χ0) is 10.7. The molecule has 0 amide bonds. The van der Waals surface area contributed by atoms with Crippen LogP contribution in [0.1, 0.15) is 31.2 Å². The number of halogens is 2. The first kappa shape index (κ1) is 11.3. The maximum absolute atomic E-state index is 6.09. The second kappa shape index (κ2) is 5.23. The van der Waals surface area contributed by atoms with Crippen LogP contribution >= 0.6 is 23.2 Å². The Hall–Kier alpha value is -0.200. The lowest BCUT2D eigenvalue weighted by molar-refractivity contribution is 0.361. The minimum Gasteiger partial charge on any atom is -0.123 e. The van der Waals surface area contributed by atoms with E-state index in [1.54, 1.807) is 0 Å². The summed E-state index contributed by atoms with van der Waals surface area (Å²) in [4.78, 5) is 0. The molecule has 0 aliphatic heterocycles. The standard InChI is InChI=1S/C13H16Cl2/c14-12-6-4-10(5-7-12)8-11-2-1-3-13(15)9-11/h1-3,9-10,12H,4-8H2. The van der Waals surface area contributed by atoms with Crippen molar-refractivity contribution >= 4 is 23.2 Å². The summed E-state index contributed by atoms with van der Waals surface area (Å²) < 4.78 is 0. The predicted molar refractivity (Wildman–Crippen MR) is 66.8 cm³/mol. The maximum atomic E-state index is 6.09. The van der Waals surface area contributed by atoms with Gasteiger partial charge < -0.3 is 0 Å². The van der Waals surface area contributed by atoms with Gasteiger partial charge >= 0.3 is 0 Å². The third-order valence-electron chi connectivity index (χ3n) is 3.19. The van der Waals surface area contributed by atoms with Crippen LogP contribution in [0.15, 0.2) is 24.3 Å².